The number of hydrogen-bond acceptors (Lipinski definition) is 7. The van der Waals surface area contributed by atoms with Crippen molar-refractivity contribution in [3.8, 4) is 16.9 Å². The van der Waals surface area contributed by atoms with Crippen LogP contribution in [0.15, 0.2) is 55.2 Å². The highest BCUT2D eigenvalue weighted by Crippen LogP contribution is 2.37. The third-order valence-corrected chi connectivity index (χ3v) is 5.88. The van der Waals surface area contributed by atoms with Crippen LogP contribution in [-0.4, -0.2) is 56.4 Å². The van der Waals surface area contributed by atoms with Crippen LogP contribution in [-0.2, 0) is 7.05 Å². The van der Waals surface area contributed by atoms with Gasteiger partial charge < -0.3 is 15.0 Å². The van der Waals surface area contributed by atoms with Gasteiger partial charge in [-0.25, -0.2) is 14.4 Å². The summed E-state index contributed by atoms with van der Waals surface area (Å²) in [5, 5.41) is 8.61. The Kier molecular flexibility index (Phi) is 6.24. The van der Waals surface area contributed by atoms with Crippen molar-refractivity contribution in [1.29, 1.82) is 0 Å². The van der Waals surface area contributed by atoms with Gasteiger partial charge >= 0.3 is 0 Å². The molecule has 8 nitrogen and oxygen atoms in total. The van der Waals surface area contributed by atoms with E-state index in [2.05, 4.69) is 30.3 Å². The molecule has 3 aromatic heterocycles. The summed E-state index contributed by atoms with van der Waals surface area (Å²) in [7, 11) is 5.87. The van der Waals surface area contributed by atoms with Crippen LogP contribution in [0.5, 0.6) is 5.75 Å². The molecule has 36 heavy (non-hydrogen) atoms. The molecule has 0 amide bonds. The summed E-state index contributed by atoms with van der Waals surface area (Å²) in [4.78, 5) is 15.4. The van der Waals surface area contributed by atoms with Crippen LogP contribution in [0.1, 0.15) is 12.5 Å². The lowest BCUT2D eigenvalue weighted by atomic mass is 10.1. The summed E-state index contributed by atoms with van der Waals surface area (Å²) in [5.41, 5.74) is 4.34. The van der Waals surface area contributed by atoms with Gasteiger partial charge in [0.25, 0.3) is 0 Å². The maximum absolute atomic E-state index is 15.5. The molecule has 0 aliphatic rings. The average molecular weight is 486 g/mol. The molecule has 5 aromatic rings. The van der Waals surface area contributed by atoms with Crippen LogP contribution in [0, 0.1) is 12.7 Å². The molecule has 184 valence electrons. The van der Waals surface area contributed by atoms with E-state index < -0.39 is 0 Å². The number of nitrogens with one attached hydrogen (secondary N) is 1. The van der Waals surface area contributed by atoms with Gasteiger partial charge in [-0.15, -0.1) is 0 Å². The van der Waals surface area contributed by atoms with Crippen LogP contribution in [0.4, 0.5) is 15.9 Å². The lowest BCUT2D eigenvalue weighted by Gasteiger charge is -2.21. The molecule has 0 saturated carbocycles. The molecule has 3 heterocycles. The Labute approximate surface area is 208 Å². The van der Waals surface area contributed by atoms with Crippen LogP contribution in [0.2, 0.25) is 0 Å². The smallest absolute Gasteiger partial charge is 0.156 e. The first-order valence-electron chi connectivity index (χ1n) is 11.7. The number of likely N-dealkylation sites (N-methyl/N-ethyl adjacent to an activating group) is 1. The molecule has 0 bridgehead atoms. The standard InChI is InChI=1S/C27H28FN7O/c1-16-8-20-21(29-11-16)6-7-22(26(20)28)33-27-25-23(30-15-31-27)9-18(19-12-32-35(5)14-19)10-24(25)36-17(2)13-34(3)4/h6-12,14-15,17H,13H2,1-5H3,(H,30,31,33)/t17-/m1/s1. The summed E-state index contributed by atoms with van der Waals surface area (Å²) in [6.45, 7) is 4.63. The van der Waals surface area contributed by atoms with E-state index in [1.165, 1.54) is 6.33 Å². The summed E-state index contributed by atoms with van der Waals surface area (Å²) in [6.07, 6.45) is 6.83. The molecule has 0 radical (unpaired) electrons. The normalized spacial score (nSPS) is 12.4. The molecule has 0 saturated heterocycles. The van der Waals surface area contributed by atoms with E-state index in [0.29, 0.717) is 39.1 Å². The van der Waals surface area contributed by atoms with E-state index in [-0.39, 0.29) is 11.9 Å². The second-order valence-corrected chi connectivity index (χ2v) is 9.32. The van der Waals surface area contributed by atoms with Crippen LogP contribution in [0.25, 0.3) is 32.9 Å². The molecule has 0 unspecified atom stereocenters. The van der Waals surface area contributed by atoms with Crippen LogP contribution < -0.4 is 10.1 Å². The number of fused-ring (bicyclic) bond motifs is 2. The highest BCUT2D eigenvalue weighted by atomic mass is 19.1. The van der Waals surface area contributed by atoms with E-state index in [4.69, 9.17) is 4.74 Å². The minimum atomic E-state index is -0.383. The third-order valence-electron chi connectivity index (χ3n) is 5.88. The van der Waals surface area contributed by atoms with E-state index in [1.807, 2.05) is 53.3 Å². The highest BCUT2D eigenvalue weighted by Gasteiger charge is 2.18. The van der Waals surface area contributed by atoms with Crippen molar-refractivity contribution in [3.05, 3.63) is 66.6 Å². The molecule has 1 N–H and O–H groups in total. The predicted molar refractivity (Wildman–Crippen MR) is 140 cm³/mol. The summed E-state index contributed by atoms with van der Waals surface area (Å²) in [6, 6.07) is 9.18. The Morgan fingerprint density at radius 1 is 1.06 bits per heavy atom. The maximum Gasteiger partial charge on any atom is 0.156 e. The van der Waals surface area contributed by atoms with Crippen molar-refractivity contribution in [3.63, 3.8) is 0 Å². The average Bonchev–Trinajstić information content (AvgIpc) is 3.27. The lowest BCUT2D eigenvalue weighted by Crippen LogP contribution is -2.28. The number of anilines is 2. The van der Waals surface area contributed by atoms with E-state index in [1.54, 1.807) is 35.3 Å². The number of nitrogens with zero attached hydrogens (tertiary/aromatic N) is 6. The van der Waals surface area contributed by atoms with Crippen molar-refractivity contribution >= 4 is 33.3 Å². The molecule has 0 fully saturated rings. The zero-order chi connectivity index (χ0) is 25.4. The molecule has 5 rings (SSSR count). The first-order valence-corrected chi connectivity index (χ1v) is 11.7. The second-order valence-electron chi connectivity index (χ2n) is 9.32. The Balaban J connectivity index is 1.63. The number of rotatable bonds is 7. The second kappa shape index (κ2) is 9.50. The monoisotopic (exact) mass is 485 g/mol. The van der Waals surface area contributed by atoms with Gasteiger partial charge in [-0.1, -0.05) is 0 Å². The minimum absolute atomic E-state index is 0.105. The number of aryl methyl sites for hydroxylation is 2. The van der Waals surface area contributed by atoms with Gasteiger partial charge in [0.1, 0.15) is 24.0 Å². The Hall–Kier alpha value is -4.11. The quantitative estimate of drug-likeness (QED) is 0.344. The van der Waals surface area contributed by atoms with Gasteiger partial charge in [-0.2, -0.15) is 5.10 Å². The Morgan fingerprint density at radius 3 is 2.64 bits per heavy atom. The minimum Gasteiger partial charge on any atom is -0.489 e. The molecular weight excluding hydrogens is 457 g/mol. The predicted octanol–water partition coefficient (Wildman–Crippen LogP) is 5.10. The van der Waals surface area contributed by atoms with Crippen molar-refractivity contribution in [2.75, 3.05) is 26.0 Å². The number of halogens is 1. The zero-order valence-electron chi connectivity index (χ0n) is 21.0. The van der Waals surface area contributed by atoms with Crippen molar-refractivity contribution in [2.24, 2.45) is 7.05 Å². The highest BCUT2D eigenvalue weighted by molar-refractivity contribution is 5.99. The number of ether oxygens (including phenoxy) is 1. The molecule has 2 aromatic carbocycles. The third kappa shape index (κ3) is 4.70. The fourth-order valence-corrected chi connectivity index (χ4v) is 4.34. The van der Waals surface area contributed by atoms with Crippen molar-refractivity contribution in [1.82, 2.24) is 29.6 Å². The van der Waals surface area contributed by atoms with Crippen molar-refractivity contribution in [2.45, 2.75) is 20.0 Å². The van der Waals surface area contributed by atoms with Gasteiger partial charge in [0, 0.05) is 36.9 Å². The summed E-state index contributed by atoms with van der Waals surface area (Å²) < 4.78 is 23.6. The van der Waals surface area contributed by atoms with Gasteiger partial charge in [0.2, 0.25) is 0 Å². The largest absolute Gasteiger partial charge is 0.489 e. The first-order chi connectivity index (χ1) is 17.3. The fraction of sp³-hybridized carbons (Fsp3) is 0.259. The molecule has 0 aliphatic heterocycles. The first kappa shape index (κ1) is 23.6. The van der Waals surface area contributed by atoms with E-state index in [0.717, 1.165) is 23.2 Å². The van der Waals surface area contributed by atoms with E-state index in [9.17, 15) is 0 Å². The van der Waals surface area contributed by atoms with Gasteiger partial charge in [0.15, 0.2) is 5.82 Å². The topological polar surface area (TPSA) is 81.0 Å². The summed E-state index contributed by atoms with van der Waals surface area (Å²) in [5.74, 6) is 0.692. The fourth-order valence-electron chi connectivity index (χ4n) is 4.34. The zero-order valence-corrected chi connectivity index (χ0v) is 21.0. The lowest BCUT2D eigenvalue weighted by molar-refractivity contribution is 0.179. The number of benzene rings is 2. The van der Waals surface area contributed by atoms with Gasteiger partial charge in [-0.05, 0) is 69.4 Å². The molecule has 0 spiro atoms. The van der Waals surface area contributed by atoms with Gasteiger partial charge in [0.05, 0.1) is 28.3 Å². The maximum atomic E-state index is 15.5. The molecule has 9 heteroatoms. The van der Waals surface area contributed by atoms with E-state index >= 15 is 4.39 Å². The van der Waals surface area contributed by atoms with Crippen LogP contribution >= 0.6 is 0 Å². The summed E-state index contributed by atoms with van der Waals surface area (Å²) >= 11 is 0. The van der Waals surface area contributed by atoms with Gasteiger partial charge in [-0.3, -0.25) is 9.67 Å². The molecular formula is C27H28FN7O. The number of hydrogen-bond donors (Lipinski definition) is 1. The number of aromatic nitrogens is 5. The SMILES string of the molecule is Cc1cnc2ccc(Nc3ncnc4cc(-c5cnn(C)c5)cc(O[C@H](C)CN(C)C)c34)c(F)c2c1. The Morgan fingerprint density at radius 2 is 1.89 bits per heavy atom. The number of pyridine rings is 1. The van der Waals surface area contributed by atoms with Crippen molar-refractivity contribution < 1.29 is 9.13 Å². The van der Waals surface area contributed by atoms with Crippen LogP contribution in [0.3, 0.4) is 0 Å². The molecule has 0 aliphatic carbocycles. The Bertz CT molecular complexity index is 1560. The molecule has 1 atom stereocenters.